The van der Waals surface area contributed by atoms with Crippen molar-refractivity contribution in [3.8, 4) is 0 Å². The van der Waals surface area contributed by atoms with Crippen LogP contribution < -0.4 is 0 Å². The van der Waals surface area contributed by atoms with Crippen molar-refractivity contribution in [3.05, 3.63) is 66.2 Å². The summed E-state index contributed by atoms with van der Waals surface area (Å²) in [6.45, 7) is 2.14. The summed E-state index contributed by atoms with van der Waals surface area (Å²) in [6.07, 6.45) is 0.948. The van der Waals surface area contributed by atoms with Crippen molar-refractivity contribution in [3.63, 3.8) is 0 Å². The number of hydrogen-bond donors (Lipinski definition) is 0. The number of rotatable bonds is 4. The third kappa shape index (κ3) is 3.46. The van der Waals surface area contributed by atoms with E-state index in [0.717, 1.165) is 12.1 Å². The van der Waals surface area contributed by atoms with E-state index in [2.05, 4.69) is 35.6 Å². The van der Waals surface area contributed by atoms with Gasteiger partial charge < -0.3 is 0 Å². The van der Waals surface area contributed by atoms with Gasteiger partial charge >= 0.3 is 0 Å². The van der Waals surface area contributed by atoms with Gasteiger partial charge in [0.15, 0.2) is 0 Å². The van der Waals surface area contributed by atoms with E-state index in [1.54, 1.807) is 0 Å². The minimum atomic E-state index is 0.948. The van der Waals surface area contributed by atoms with E-state index < -0.39 is 0 Å². The molecule has 0 spiro atoms. The van der Waals surface area contributed by atoms with Crippen LogP contribution in [0.3, 0.4) is 0 Å². The second-order valence-corrected chi connectivity index (χ2v) is 4.50. The second-order valence-electron chi connectivity index (χ2n) is 3.66. The Hall–Kier alpha value is -1.54. The maximum Gasteiger partial charge on any atom is 0.0560 e. The summed E-state index contributed by atoms with van der Waals surface area (Å²) in [6, 6.07) is 20.6. The molecule has 0 fully saturated rings. The van der Waals surface area contributed by atoms with Gasteiger partial charge in [-0.1, -0.05) is 55.5 Å². The first-order valence-electron chi connectivity index (χ1n) is 5.74. The molecule has 2 heteroatoms. The predicted octanol–water partition coefficient (Wildman–Crippen LogP) is 4.59. The second kappa shape index (κ2) is 6.26. The van der Waals surface area contributed by atoms with Crippen LogP contribution in [0.4, 0.5) is 0 Å². The molecule has 0 unspecified atom stereocenters. The van der Waals surface area contributed by atoms with Crippen LogP contribution in [0.25, 0.3) is 0 Å². The van der Waals surface area contributed by atoms with Crippen molar-refractivity contribution < 1.29 is 0 Å². The fourth-order valence-corrected chi connectivity index (χ4v) is 2.27. The lowest BCUT2D eigenvalue weighted by molar-refractivity contribution is 1.28. The highest BCUT2D eigenvalue weighted by molar-refractivity contribution is 7.98. The Morgan fingerprint density at radius 1 is 0.941 bits per heavy atom. The van der Waals surface area contributed by atoms with Crippen LogP contribution in [0.5, 0.6) is 0 Å². The fraction of sp³-hybridized carbons (Fsp3) is 0.133. The van der Waals surface area contributed by atoms with Crippen molar-refractivity contribution >= 4 is 17.7 Å². The van der Waals surface area contributed by atoms with Gasteiger partial charge in [0, 0.05) is 16.8 Å². The van der Waals surface area contributed by atoms with Crippen LogP contribution in [0.2, 0.25) is 0 Å². The van der Waals surface area contributed by atoms with E-state index in [-0.39, 0.29) is 0 Å². The lowest BCUT2D eigenvalue weighted by atomic mass is 10.1. The lowest BCUT2D eigenvalue weighted by Gasteiger charge is -2.03. The zero-order valence-electron chi connectivity index (χ0n) is 9.84. The van der Waals surface area contributed by atoms with Gasteiger partial charge in [-0.3, -0.25) is 0 Å². The minimum absolute atomic E-state index is 0.948. The molecular formula is C15H15NS. The zero-order chi connectivity index (χ0) is 11.9. The molecule has 0 aliphatic carbocycles. The quantitative estimate of drug-likeness (QED) is 0.563. The molecular weight excluding hydrogens is 226 g/mol. The molecule has 2 aromatic rings. The van der Waals surface area contributed by atoms with E-state index in [0.29, 0.717) is 0 Å². The largest absolute Gasteiger partial charge is 0.215 e. The monoisotopic (exact) mass is 241 g/mol. The topological polar surface area (TPSA) is 12.4 Å². The van der Waals surface area contributed by atoms with Gasteiger partial charge in [-0.15, -0.1) is 0 Å². The molecule has 0 bridgehead atoms. The molecule has 86 valence electrons. The maximum absolute atomic E-state index is 4.62. The molecule has 0 aliphatic heterocycles. The number of benzene rings is 2. The first kappa shape index (κ1) is 11.9. The normalized spacial score (nSPS) is 11.5. The summed E-state index contributed by atoms with van der Waals surface area (Å²) in [4.78, 5) is 1.18. The van der Waals surface area contributed by atoms with Crippen LogP contribution in [0.1, 0.15) is 18.9 Å². The summed E-state index contributed by atoms with van der Waals surface area (Å²) in [5.74, 6) is 0. The average Bonchev–Trinajstić information content (AvgIpc) is 2.42. The molecule has 2 rings (SSSR count). The highest BCUT2D eigenvalue weighted by Crippen LogP contribution is 2.20. The molecule has 2 aromatic carbocycles. The predicted molar refractivity (Wildman–Crippen MR) is 75.6 cm³/mol. The molecule has 0 saturated heterocycles. The summed E-state index contributed by atoms with van der Waals surface area (Å²) >= 11 is 1.54. The Bertz CT molecular complexity index is 477. The molecule has 0 aliphatic rings. The van der Waals surface area contributed by atoms with Gasteiger partial charge in [-0.05, 0) is 24.1 Å². The van der Waals surface area contributed by atoms with Gasteiger partial charge in [-0.25, -0.2) is 4.40 Å². The van der Waals surface area contributed by atoms with Gasteiger partial charge in [0.1, 0.15) is 0 Å². The number of nitrogens with zero attached hydrogens (tertiary/aromatic N) is 1. The van der Waals surface area contributed by atoms with E-state index >= 15 is 0 Å². The lowest BCUT2D eigenvalue weighted by Crippen LogP contribution is -1.96. The maximum atomic E-state index is 4.62. The first-order valence-corrected chi connectivity index (χ1v) is 6.52. The highest BCUT2D eigenvalue weighted by Gasteiger charge is 2.00. The van der Waals surface area contributed by atoms with E-state index in [1.165, 1.54) is 22.4 Å². The molecule has 1 nitrogen and oxygen atoms in total. The van der Waals surface area contributed by atoms with Gasteiger partial charge in [0.05, 0.1) is 5.71 Å². The Morgan fingerprint density at radius 2 is 1.53 bits per heavy atom. The van der Waals surface area contributed by atoms with Crippen molar-refractivity contribution in [2.24, 2.45) is 4.40 Å². The molecule has 0 aromatic heterocycles. The van der Waals surface area contributed by atoms with E-state index in [1.807, 2.05) is 36.4 Å². The van der Waals surface area contributed by atoms with Gasteiger partial charge in [0.2, 0.25) is 0 Å². The Labute approximate surface area is 107 Å². The summed E-state index contributed by atoms with van der Waals surface area (Å²) in [7, 11) is 0. The Morgan fingerprint density at radius 3 is 2.12 bits per heavy atom. The van der Waals surface area contributed by atoms with E-state index in [4.69, 9.17) is 0 Å². The van der Waals surface area contributed by atoms with Crippen LogP contribution in [-0.2, 0) is 0 Å². The van der Waals surface area contributed by atoms with Crippen molar-refractivity contribution in [2.75, 3.05) is 0 Å². The standard InChI is InChI=1S/C15H15NS/c1-2-15(13-9-5-3-6-10-13)16-17-14-11-7-4-8-12-14/h3-12H,2H2,1H3/b16-15+. The fourth-order valence-electron chi connectivity index (χ4n) is 1.54. The molecule has 17 heavy (non-hydrogen) atoms. The minimum Gasteiger partial charge on any atom is -0.215 e. The van der Waals surface area contributed by atoms with Crippen molar-refractivity contribution in [1.82, 2.24) is 0 Å². The smallest absolute Gasteiger partial charge is 0.0560 e. The van der Waals surface area contributed by atoms with Gasteiger partial charge in [0.25, 0.3) is 0 Å². The molecule has 0 heterocycles. The van der Waals surface area contributed by atoms with Crippen LogP contribution in [0, 0.1) is 0 Å². The third-order valence-corrected chi connectivity index (χ3v) is 3.24. The van der Waals surface area contributed by atoms with Crippen LogP contribution in [0.15, 0.2) is 70.0 Å². The summed E-state index contributed by atoms with van der Waals surface area (Å²) in [5, 5.41) is 0. The van der Waals surface area contributed by atoms with Crippen molar-refractivity contribution in [2.45, 2.75) is 18.2 Å². The summed E-state index contributed by atoms with van der Waals surface area (Å²) < 4.78 is 4.62. The SMILES string of the molecule is CC/C(=N\Sc1ccccc1)c1ccccc1. The first-order chi connectivity index (χ1) is 8.40. The molecule has 0 amide bonds. The Kier molecular flexibility index (Phi) is 4.39. The molecule has 0 saturated carbocycles. The van der Waals surface area contributed by atoms with Crippen LogP contribution >= 0.6 is 11.9 Å². The van der Waals surface area contributed by atoms with Crippen molar-refractivity contribution in [1.29, 1.82) is 0 Å². The number of hydrogen-bond acceptors (Lipinski definition) is 2. The van der Waals surface area contributed by atoms with E-state index in [9.17, 15) is 0 Å². The van der Waals surface area contributed by atoms with Crippen LogP contribution in [-0.4, -0.2) is 5.71 Å². The summed E-state index contributed by atoms with van der Waals surface area (Å²) in [5.41, 5.74) is 2.35. The molecule has 0 atom stereocenters. The van der Waals surface area contributed by atoms with Gasteiger partial charge in [-0.2, -0.15) is 0 Å². The third-order valence-electron chi connectivity index (χ3n) is 2.45. The molecule has 0 N–H and O–H groups in total. The zero-order valence-corrected chi connectivity index (χ0v) is 10.7. The Balaban J connectivity index is 2.14. The molecule has 0 radical (unpaired) electrons. The highest BCUT2D eigenvalue weighted by atomic mass is 32.2. The average molecular weight is 241 g/mol.